The third kappa shape index (κ3) is 2.49. The van der Waals surface area contributed by atoms with Crippen LogP contribution >= 0.6 is 0 Å². The fourth-order valence-electron chi connectivity index (χ4n) is 2.28. The van der Waals surface area contributed by atoms with Crippen molar-refractivity contribution in [3.8, 4) is 11.5 Å². The summed E-state index contributed by atoms with van der Waals surface area (Å²) in [7, 11) is 0. The van der Waals surface area contributed by atoms with Crippen LogP contribution in [0.15, 0.2) is 24.4 Å². The predicted octanol–water partition coefficient (Wildman–Crippen LogP) is 2.50. The van der Waals surface area contributed by atoms with Gasteiger partial charge in [-0.15, -0.1) is 0 Å². The second kappa shape index (κ2) is 5.54. The van der Waals surface area contributed by atoms with E-state index in [2.05, 4.69) is 17.2 Å². The summed E-state index contributed by atoms with van der Waals surface area (Å²) >= 11 is 0. The first-order valence-corrected chi connectivity index (χ1v) is 6.95. The molecule has 2 aromatic rings. The Bertz CT molecular complexity index is 615. The fourth-order valence-corrected chi connectivity index (χ4v) is 2.28. The van der Waals surface area contributed by atoms with Gasteiger partial charge >= 0.3 is 0 Å². The quantitative estimate of drug-likeness (QED) is 0.876. The summed E-state index contributed by atoms with van der Waals surface area (Å²) in [4.78, 5) is 4.41. The molecule has 1 aromatic carbocycles. The van der Waals surface area contributed by atoms with Crippen molar-refractivity contribution in [2.24, 2.45) is 5.73 Å². The Labute approximate surface area is 118 Å². The highest BCUT2D eigenvalue weighted by atomic mass is 16.7. The van der Waals surface area contributed by atoms with Crippen LogP contribution in [0.5, 0.6) is 11.5 Å². The Balaban J connectivity index is 1.84. The van der Waals surface area contributed by atoms with Crippen molar-refractivity contribution in [2.75, 3.05) is 18.7 Å². The highest BCUT2D eigenvalue weighted by Gasteiger charge is 2.15. The number of nitrogens with one attached hydrogen (secondary N) is 1. The lowest BCUT2D eigenvalue weighted by atomic mass is 10.1. The van der Waals surface area contributed by atoms with Gasteiger partial charge in [-0.05, 0) is 36.4 Å². The zero-order valence-corrected chi connectivity index (χ0v) is 11.6. The van der Waals surface area contributed by atoms with Gasteiger partial charge in [-0.3, -0.25) is 0 Å². The molecule has 106 valence electrons. The lowest BCUT2D eigenvalue weighted by Crippen LogP contribution is -2.22. The Hall–Kier alpha value is -2.01. The molecule has 1 atom stereocenters. The Morgan fingerprint density at radius 1 is 1.35 bits per heavy atom. The summed E-state index contributed by atoms with van der Waals surface area (Å²) in [5.74, 6) is 2.44. The number of nitrogens with two attached hydrogens (primary N) is 1. The van der Waals surface area contributed by atoms with Crippen LogP contribution in [0, 0.1) is 0 Å². The number of ether oxygens (including phenoxy) is 2. The first-order valence-electron chi connectivity index (χ1n) is 6.95. The van der Waals surface area contributed by atoms with Crippen LogP contribution in [-0.4, -0.2) is 24.4 Å². The van der Waals surface area contributed by atoms with Gasteiger partial charge in [0.25, 0.3) is 0 Å². The minimum atomic E-state index is 0.235. The van der Waals surface area contributed by atoms with Crippen molar-refractivity contribution in [3.63, 3.8) is 0 Å². The maximum absolute atomic E-state index is 5.93. The number of fused-ring (bicyclic) bond motifs is 2. The van der Waals surface area contributed by atoms with Gasteiger partial charge in [0.15, 0.2) is 11.5 Å². The number of pyridine rings is 1. The van der Waals surface area contributed by atoms with Gasteiger partial charge in [-0.2, -0.15) is 0 Å². The molecule has 1 aliphatic rings. The van der Waals surface area contributed by atoms with E-state index in [1.165, 1.54) is 0 Å². The van der Waals surface area contributed by atoms with Crippen molar-refractivity contribution in [1.29, 1.82) is 0 Å². The smallest absolute Gasteiger partial charge is 0.231 e. The SMILES string of the molecule is CCC(N)CCNc1nccc2cc3c(cc12)OCO3. The van der Waals surface area contributed by atoms with Crippen LogP contribution in [0.4, 0.5) is 5.82 Å². The summed E-state index contributed by atoms with van der Waals surface area (Å²) < 4.78 is 10.8. The molecule has 5 heteroatoms. The summed E-state index contributed by atoms with van der Waals surface area (Å²) in [5, 5.41) is 5.49. The van der Waals surface area contributed by atoms with Gasteiger partial charge in [-0.1, -0.05) is 6.92 Å². The summed E-state index contributed by atoms with van der Waals surface area (Å²) in [6, 6.07) is 6.17. The molecule has 1 aliphatic heterocycles. The minimum absolute atomic E-state index is 0.235. The van der Waals surface area contributed by atoms with Crippen molar-refractivity contribution in [2.45, 2.75) is 25.8 Å². The minimum Gasteiger partial charge on any atom is -0.454 e. The molecule has 0 radical (unpaired) electrons. The van der Waals surface area contributed by atoms with E-state index in [4.69, 9.17) is 15.2 Å². The lowest BCUT2D eigenvalue weighted by molar-refractivity contribution is 0.174. The number of nitrogens with zero attached hydrogens (tertiary/aromatic N) is 1. The average Bonchev–Trinajstić information content (AvgIpc) is 2.92. The van der Waals surface area contributed by atoms with E-state index >= 15 is 0 Å². The molecule has 5 nitrogen and oxygen atoms in total. The van der Waals surface area contributed by atoms with E-state index in [1.54, 1.807) is 6.20 Å². The molecule has 3 rings (SSSR count). The highest BCUT2D eigenvalue weighted by Crippen LogP contribution is 2.37. The molecule has 0 aliphatic carbocycles. The van der Waals surface area contributed by atoms with Gasteiger partial charge in [0, 0.05) is 24.2 Å². The van der Waals surface area contributed by atoms with E-state index in [0.29, 0.717) is 0 Å². The molecule has 0 saturated carbocycles. The van der Waals surface area contributed by atoms with Crippen LogP contribution < -0.4 is 20.5 Å². The van der Waals surface area contributed by atoms with E-state index in [1.807, 2.05) is 18.2 Å². The van der Waals surface area contributed by atoms with E-state index in [-0.39, 0.29) is 12.8 Å². The van der Waals surface area contributed by atoms with Crippen molar-refractivity contribution in [3.05, 3.63) is 24.4 Å². The summed E-state index contributed by atoms with van der Waals surface area (Å²) in [6.45, 7) is 3.20. The molecule has 1 unspecified atom stereocenters. The summed E-state index contributed by atoms with van der Waals surface area (Å²) in [5.41, 5.74) is 5.93. The lowest BCUT2D eigenvalue weighted by Gasteiger charge is -2.12. The van der Waals surface area contributed by atoms with Gasteiger partial charge in [0.05, 0.1) is 0 Å². The Kier molecular flexibility index (Phi) is 3.60. The van der Waals surface area contributed by atoms with Crippen LogP contribution in [0.3, 0.4) is 0 Å². The van der Waals surface area contributed by atoms with Crippen molar-refractivity contribution in [1.82, 2.24) is 4.98 Å². The molecule has 0 fully saturated rings. The predicted molar refractivity (Wildman–Crippen MR) is 79.2 cm³/mol. The number of hydrogen-bond acceptors (Lipinski definition) is 5. The average molecular weight is 273 g/mol. The summed E-state index contributed by atoms with van der Waals surface area (Å²) in [6.07, 6.45) is 3.72. The number of rotatable bonds is 5. The molecule has 0 amide bonds. The maximum atomic E-state index is 5.93. The molecule has 0 spiro atoms. The Morgan fingerprint density at radius 2 is 2.15 bits per heavy atom. The normalized spacial score (nSPS) is 14.5. The highest BCUT2D eigenvalue weighted by molar-refractivity contribution is 5.94. The number of anilines is 1. The molecule has 0 bridgehead atoms. The Morgan fingerprint density at radius 3 is 2.95 bits per heavy atom. The molecule has 20 heavy (non-hydrogen) atoms. The standard InChI is InChI=1S/C15H19N3O2/c1-2-11(16)4-6-18-15-12-8-14-13(19-9-20-14)7-10(12)3-5-17-15/h3,5,7-8,11H,2,4,6,9,16H2,1H3,(H,17,18). The molecule has 1 aromatic heterocycles. The van der Waals surface area contributed by atoms with Crippen LogP contribution in [0.2, 0.25) is 0 Å². The number of hydrogen-bond donors (Lipinski definition) is 2. The van der Waals surface area contributed by atoms with Gasteiger partial charge in [-0.25, -0.2) is 4.98 Å². The number of aromatic nitrogens is 1. The van der Waals surface area contributed by atoms with E-state index in [9.17, 15) is 0 Å². The second-order valence-corrected chi connectivity index (χ2v) is 4.97. The molecular weight excluding hydrogens is 254 g/mol. The van der Waals surface area contributed by atoms with Crippen molar-refractivity contribution >= 4 is 16.6 Å². The van der Waals surface area contributed by atoms with Crippen LogP contribution in [-0.2, 0) is 0 Å². The largest absolute Gasteiger partial charge is 0.454 e. The monoisotopic (exact) mass is 273 g/mol. The van der Waals surface area contributed by atoms with Crippen LogP contribution in [0.1, 0.15) is 19.8 Å². The molecular formula is C15H19N3O2. The maximum Gasteiger partial charge on any atom is 0.231 e. The van der Waals surface area contributed by atoms with Crippen LogP contribution in [0.25, 0.3) is 10.8 Å². The van der Waals surface area contributed by atoms with E-state index in [0.717, 1.165) is 47.5 Å². The first kappa shape index (κ1) is 13.0. The zero-order chi connectivity index (χ0) is 13.9. The number of benzene rings is 1. The molecule has 2 heterocycles. The van der Waals surface area contributed by atoms with Gasteiger partial charge in [0.1, 0.15) is 5.82 Å². The fraction of sp³-hybridized carbons (Fsp3) is 0.400. The van der Waals surface area contributed by atoms with Crippen molar-refractivity contribution < 1.29 is 9.47 Å². The van der Waals surface area contributed by atoms with E-state index < -0.39 is 0 Å². The van der Waals surface area contributed by atoms with Gasteiger partial charge in [0.2, 0.25) is 6.79 Å². The molecule has 0 saturated heterocycles. The topological polar surface area (TPSA) is 69.4 Å². The third-order valence-corrected chi connectivity index (χ3v) is 3.59. The van der Waals surface area contributed by atoms with Gasteiger partial charge < -0.3 is 20.5 Å². The zero-order valence-electron chi connectivity index (χ0n) is 11.6. The molecule has 3 N–H and O–H groups in total. The third-order valence-electron chi connectivity index (χ3n) is 3.59. The first-order chi connectivity index (χ1) is 9.78. The second-order valence-electron chi connectivity index (χ2n) is 4.97.